The molecule has 3 N–H and O–H groups in total. The van der Waals surface area contributed by atoms with E-state index in [-0.39, 0.29) is 16.0 Å². The van der Waals surface area contributed by atoms with Crippen LogP contribution in [-0.4, -0.2) is 10.9 Å². The zero-order valence-corrected chi connectivity index (χ0v) is 12.2. The van der Waals surface area contributed by atoms with E-state index in [0.717, 1.165) is 12.1 Å². The van der Waals surface area contributed by atoms with E-state index in [1.165, 1.54) is 6.07 Å². The van der Waals surface area contributed by atoms with Gasteiger partial charge < -0.3 is 11.1 Å². The molecule has 0 radical (unpaired) electrons. The SMILES string of the molecule is Cc1cc(Cl)nc(Cl)c1NC(=O)c1cc(F)cc(N)c1F. The van der Waals surface area contributed by atoms with Gasteiger partial charge >= 0.3 is 0 Å². The van der Waals surface area contributed by atoms with Crippen LogP contribution >= 0.6 is 23.2 Å². The second-order valence-electron chi connectivity index (χ2n) is 4.24. The van der Waals surface area contributed by atoms with Crippen molar-refractivity contribution >= 4 is 40.5 Å². The molecule has 2 rings (SSSR count). The van der Waals surface area contributed by atoms with E-state index in [4.69, 9.17) is 28.9 Å². The van der Waals surface area contributed by atoms with Crippen molar-refractivity contribution in [3.05, 3.63) is 51.3 Å². The van der Waals surface area contributed by atoms with E-state index in [1.54, 1.807) is 6.92 Å². The maximum Gasteiger partial charge on any atom is 0.258 e. The summed E-state index contributed by atoms with van der Waals surface area (Å²) in [4.78, 5) is 15.8. The third-order valence-electron chi connectivity index (χ3n) is 2.69. The van der Waals surface area contributed by atoms with Crippen molar-refractivity contribution in [3.63, 3.8) is 0 Å². The number of hydrogen-bond acceptors (Lipinski definition) is 3. The lowest BCUT2D eigenvalue weighted by Gasteiger charge is -2.11. The number of benzene rings is 1. The Morgan fingerprint density at radius 2 is 1.95 bits per heavy atom. The first-order valence-electron chi connectivity index (χ1n) is 5.68. The van der Waals surface area contributed by atoms with Crippen LogP contribution < -0.4 is 11.1 Å². The van der Waals surface area contributed by atoms with Gasteiger partial charge in [0.15, 0.2) is 11.0 Å². The minimum atomic E-state index is -1.01. The molecule has 4 nitrogen and oxygen atoms in total. The number of hydrogen-bond donors (Lipinski definition) is 2. The van der Waals surface area contributed by atoms with Crippen LogP contribution in [0.5, 0.6) is 0 Å². The van der Waals surface area contributed by atoms with Crippen LogP contribution in [-0.2, 0) is 0 Å². The number of rotatable bonds is 2. The molecule has 0 atom stereocenters. The molecule has 0 saturated carbocycles. The summed E-state index contributed by atoms with van der Waals surface area (Å²) >= 11 is 11.6. The van der Waals surface area contributed by atoms with Crippen molar-refractivity contribution in [1.29, 1.82) is 0 Å². The van der Waals surface area contributed by atoms with Gasteiger partial charge in [0.05, 0.1) is 16.9 Å². The molecule has 1 heterocycles. The van der Waals surface area contributed by atoms with E-state index in [0.29, 0.717) is 5.56 Å². The largest absolute Gasteiger partial charge is 0.396 e. The van der Waals surface area contributed by atoms with Gasteiger partial charge in [0, 0.05) is 0 Å². The molecule has 21 heavy (non-hydrogen) atoms. The molecule has 1 aromatic carbocycles. The average Bonchev–Trinajstić information content (AvgIpc) is 2.37. The minimum Gasteiger partial charge on any atom is -0.396 e. The summed E-state index contributed by atoms with van der Waals surface area (Å²) in [5.74, 6) is -2.73. The summed E-state index contributed by atoms with van der Waals surface area (Å²) in [5.41, 5.74) is 4.98. The monoisotopic (exact) mass is 331 g/mol. The molecular formula is C13H9Cl2F2N3O. The number of nitrogen functional groups attached to an aromatic ring is 1. The topological polar surface area (TPSA) is 68.0 Å². The van der Waals surface area contributed by atoms with E-state index in [2.05, 4.69) is 10.3 Å². The van der Waals surface area contributed by atoms with Gasteiger partial charge in [-0.15, -0.1) is 0 Å². The number of pyridine rings is 1. The Hall–Kier alpha value is -1.92. The molecule has 0 aliphatic heterocycles. The smallest absolute Gasteiger partial charge is 0.258 e. The van der Waals surface area contributed by atoms with Crippen LogP contribution in [0, 0.1) is 18.6 Å². The number of halogens is 4. The van der Waals surface area contributed by atoms with E-state index in [9.17, 15) is 13.6 Å². The Balaban J connectivity index is 2.40. The molecule has 1 aromatic heterocycles. The Kier molecular flexibility index (Phi) is 4.29. The molecule has 0 fully saturated rings. The van der Waals surface area contributed by atoms with Crippen molar-refractivity contribution in [2.45, 2.75) is 6.92 Å². The fourth-order valence-electron chi connectivity index (χ4n) is 1.70. The molecule has 0 spiro atoms. The number of nitrogens with two attached hydrogens (primary N) is 1. The van der Waals surface area contributed by atoms with E-state index >= 15 is 0 Å². The van der Waals surface area contributed by atoms with Crippen molar-refractivity contribution < 1.29 is 13.6 Å². The first kappa shape index (κ1) is 15.5. The van der Waals surface area contributed by atoms with Crippen molar-refractivity contribution in [2.75, 3.05) is 11.1 Å². The van der Waals surface area contributed by atoms with Crippen LogP contribution in [0.2, 0.25) is 10.3 Å². The number of nitrogens with zero attached hydrogens (tertiary/aromatic N) is 1. The lowest BCUT2D eigenvalue weighted by molar-refractivity contribution is 0.102. The summed E-state index contributed by atoms with van der Waals surface area (Å²) in [5, 5.41) is 2.46. The molecule has 110 valence electrons. The molecule has 0 saturated heterocycles. The first-order valence-corrected chi connectivity index (χ1v) is 6.43. The molecule has 0 unspecified atom stereocenters. The summed E-state index contributed by atoms with van der Waals surface area (Å²) in [6.45, 7) is 1.63. The second-order valence-corrected chi connectivity index (χ2v) is 4.98. The van der Waals surface area contributed by atoms with Crippen molar-refractivity contribution in [2.24, 2.45) is 0 Å². The third kappa shape index (κ3) is 3.22. The highest BCUT2D eigenvalue weighted by Gasteiger charge is 2.18. The number of aryl methyl sites for hydroxylation is 1. The predicted octanol–water partition coefficient (Wildman–Crippen LogP) is 3.81. The summed E-state index contributed by atoms with van der Waals surface area (Å²) < 4.78 is 27.0. The van der Waals surface area contributed by atoms with E-state index < -0.39 is 28.8 Å². The van der Waals surface area contributed by atoms with Crippen LogP contribution in [0.15, 0.2) is 18.2 Å². The third-order valence-corrected chi connectivity index (χ3v) is 3.16. The number of carbonyl (C=O) groups excluding carboxylic acids is 1. The lowest BCUT2D eigenvalue weighted by atomic mass is 10.1. The van der Waals surface area contributed by atoms with Crippen molar-refractivity contribution in [1.82, 2.24) is 4.98 Å². The summed E-state index contributed by atoms with van der Waals surface area (Å²) in [7, 11) is 0. The number of carbonyl (C=O) groups is 1. The van der Waals surface area contributed by atoms with Crippen LogP contribution in [0.4, 0.5) is 20.2 Å². The molecule has 0 aliphatic rings. The minimum absolute atomic E-state index is 0.0573. The van der Waals surface area contributed by atoms with E-state index in [1.807, 2.05) is 0 Å². The molecule has 2 aromatic rings. The predicted molar refractivity (Wildman–Crippen MR) is 77.7 cm³/mol. The lowest BCUT2D eigenvalue weighted by Crippen LogP contribution is -2.16. The second kappa shape index (κ2) is 5.83. The van der Waals surface area contributed by atoms with Crippen LogP contribution in [0.25, 0.3) is 0 Å². The Labute approximate surface area is 128 Å². The molecule has 0 bridgehead atoms. The number of nitrogens with one attached hydrogen (secondary N) is 1. The zero-order valence-electron chi connectivity index (χ0n) is 10.7. The van der Waals surface area contributed by atoms with Gasteiger partial charge in [0.2, 0.25) is 0 Å². The van der Waals surface area contributed by atoms with Gasteiger partial charge in [0.1, 0.15) is 11.0 Å². The molecule has 0 aliphatic carbocycles. The Morgan fingerprint density at radius 1 is 1.29 bits per heavy atom. The van der Waals surface area contributed by atoms with Crippen LogP contribution in [0.1, 0.15) is 15.9 Å². The standard InChI is InChI=1S/C13H9Cl2F2N3O/c1-5-2-9(14)19-12(15)11(5)20-13(21)7-3-6(16)4-8(18)10(7)17/h2-4H,18H2,1H3,(H,20,21). The number of amides is 1. The molecular weight excluding hydrogens is 323 g/mol. The Morgan fingerprint density at radius 3 is 2.57 bits per heavy atom. The van der Waals surface area contributed by atoms with Gasteiger partial charge in [-0.25, -0.2) is 13.8 Å². The quantitative estimate of drug-likeness (QED) is 0.649. The van der Waals surface area contributed by atoms with Gasteiger partial charge in [-0.2, -0.15) is 0 Å². The normalized spacial score (nSPS) is 10.5. The molecule has 8 heteroatoms. The van der Waals surface area contributed by atoms with Gasteiger partial charge in [-0.05, 0) is 30.7 Å². The van der Waals surface area contributed by atoms with Crippen molar-refractivity contribution in [3.8, 4) is 0 Å². The number of aromatic nitrogens is 1. The summed E-state index contributed by atoms with van der Waals surface area (Å²) in [6, 6.07) is 3.00. The zero-order chi connectivity index (χ0) is 15.7. The average molecular weight is 332 g/mol. The highest BCUT2D eigenvalue weighted by Crippen LogP contribution is 2.27. The van der Waals surface area contributed by atoms with Gasteiger partial charge in [0.25, 0.3) is 5.91 Å². The summed E-state index contributed by atoms with van der Waals surface area (Å²) in [6.07, 6.45) is 0. The van der Waals surface area contributed by atoms with Gasteiger partial charge in [-0.3, -0.25) is 4.79 Å². The molecule has 1 amide bonds. The highest BCUT2D eigenvalue weighted by atomic mass is 35.5. The maximum absolute atomic E-state index is 13.8. The first-order chi connectivity index (χ1) is 9.79. The van der Waals surface area contributed by atoms with Crippen LogP contribution in [0.3, 0.4) is 0 Å². The Bertz CT molecular complexity index is 715. The maximum atomic E-state index is 13.8. The van der Waals surface area contributed by atoms with Gasteiger partial charge in [-0.1, -0.05) is 23.2 Å². The fraction of sp³-hybridized carbons (Fsp3) is 0.0769. The number of anilines is 2. The highest BCUT2D eigenvalue weighted by molar-refractivity contribution is 6.35. The fourth-order valence-corrected chi connectivity index (χ4v) is 2.28.